The van der Waals surface area contributed by atoms with Crippen molar-refractivity contribution in [3.63, 3.8) is 0 Å². The fourth-order valence-electron chi connectivity index (χ4n) is 3.59. The summed E-state index contributed by atoms with van der Waals surface area (Å²) in [6, 6.07) is 15.0. The van der Waals surface area contributed by atoms with E-state index in [2.05, 4.69) is 50.6 Å². The van der Waals surface area contributed by atoms with Crippen molar-refractivity contribution in [3.8, 4) is 22.6 Å². The molecule has 0 spiro atoms. The molecule has 0 heterocycles. The topological polar surface area (TPSA) is 55.4 Å². The highest BCUT2D eigenvalue weighted by Crippen LogP contribution is 2.44. The quantitative estimate of drug-likeness (QED) is 0.424. The molecule has 0 bridgehead atoms. The van der Waals surface area contributed by atoms with E-state index in [-0.39, 0.29) is 17.4 Å². The van der Waals surface area contributed by atoms with E-state index in [1.54, 1.807) is 0 Å². The molecule has 1 N–H and O–H groups in total. The van der Waals surface area contributed by atoms with Gasteiger partial charge in [-0.05, 0) is 27.3 Å². The lowest BCUT2D eigenvalue weighted by atomic mass is 9.95. The second-order valence-electron chi connectivity index (χ2n) is 9.57. The SMILES string of the molecule is COC(=O)[C@H](CC#C[Si](C)(C)C(C)(C)C)NC(=O)C1c2ccccc2-c2ccccc21. The number of hydrogen-bond donors (Lipinski definition) is 1. The van der Waals surface area contributed by atoms with Gasteiger partial charge in [-0.15, -0.1) is 11.5 Å². The summed E-state index contributed by atoms with van der Waals surface area (Å²) in [4.78, 5) is 25.8. The molecule has 0 aromatic heterocycles. The maximum absolute atomic E-state index is 13.4. The number of methoxy groups -OCH3 is 1. The van der Waals surface area contributed by atoms with Crippen LogP contribution in [0.4, 0.5) is 0 Å². The van der Waals surface area contributed by atoms with Gasteiger partial charge in [0, 0.05) is 6.42 Å². The average Bonchev–Trinajstić information content (AvgIpc) is 3.06. The van der Waals surface area contributed by atoms with Crippen molar-refractivity contribution in [3.05, 3.63) is 59.7 Å². The van der Waals surface area contributed by atoms with Gasteiger partial charge in [-0.2, -0.15) is 0 Å². The number of fused-ring (bicyclic) bond motifs is 3. The molecular weight excluding hydrogens is 402 g/mol. The molecule has 5 heteroatoms. The fraction of sp³-hybridized carbons (Fsp3) is 0.385. The standard InChI is InChI=1S/C26H31NO3Si/c1-26(2,3)31(5,6)17-11-16-22(25(29)30-4)27-24(28)23-20-14-9-7-12-18(20)19-13-8-10-15-21(19)23/h7-10,12-15,22-23H,16H2,1-6H3,(H,27,28)/t22-/m0/s1. The number of carbonyl (C=O) groups is 2. The molecule has 0 radical (unpaired) electrons. The number of ether oxygens (including phenoxy) is 1. The molecule has 2 aromatic rings. The average molecular weight is 434 g/mol. The minimum atomic E-state index is -1.80. The summed E-state index contributed by atoms with van der Waals surface area (Å²) in [5.74, 6) is 2.05. The van der Waals surface area contributed by atoms with Crippen LogP contribution >= 0.6 is 0 Å². The Morgan fingerprint density at radius 3 is 2.03 bits per heavy atom. The molecule has 0 aliphatic heterocycles. The first-order valence-electron chi connectivity index (χ1n) is 10.6. The Balaban J connectivity index is 1.85. The van der Waals surface area contributed by atoms with Gasteiger partial charge in [-0.1, -0.05) is 82.4 Å². The van der Waals surface area contributed by atoms with Crippen LogP contribution in [0, 0.1) is 11.5 Å². The minimum Gasteiger partial charge on any atom is -0.467 e. The number of benzene rings is 2. The van der Waals surface area contributed by atoms with Crippen molar-refractivity contribution in [2.45, 2.75) is 57.3 Å². The van der Waals surface area contributed by atoms with Gasteiger partial charge in [0.15, 0.2) is 0 Å². The third-order valence-electron chi connectivity index (χ3n) is 6.48. The largest absolute Gasteiger partial charge is 0.467 e. The van der Waals surface area contributed by atoms with E-state index in [1.807, 2.05) is 48.5 Å². The third-order valence-corrected chi connectivity index (χ3v) is 11.0. The molecule has 1 amide bonds. The summed E-state index contributed by atoms with van der Waals surface area (Å²) in [5.41, 5.74) is 7.45. The number of nitrogens with one attached hydrogen (secondary N) is 1. The molecule has 0 saturated heterocycles. The Bertz CT molecular complexity index is 1010. The van der Waals surface area contributed by atoms with Crippen LogP contribution in [0.5, 0.6) is 0 Å². The first-order chi connectivity index (χ1) is 14.6. The second-order valence-corrected chi connectivity index (χ2v) is 14.6. The highest BCUT2D eigenvalue weighted by atomic mass is 28.3. The zero-order valence-corrected chi connectivity index (χ0v) is 20.2. The lowest BCUT2D eigenvalue weighted by Gasteiger charge is -2.31. The molecule has 0 fully saturated rings. The van der Waals surface area contributed by atoms with Crippen LogP contribution in [0.3, 0.4) is 0 Å². The van der Waals surface area contributed by atoms with E-state index in [0.717, 1.165) is 22.3 Å². The molecule has 3 rings (SSSR count). The van der Waals surface area contributed by atoms with Crippen LogP contribution in [-0.2, 0) is 14.3 Å². The Labute approximate surface area is 186 Å². The number of hydrogen-bond acceptors (Lipinski definition) is 3. The van der Waals surface area contributed by atoms with Crippen LogP contribution in [0.15, 0.2) is 48.5 Å². The van der Waals surface area contributed by atoms with Crippen molar-refractivity contribution in [2.24, 2.45) is 0 Å². The highest BCUT2D eigenvalue weighted by Gasteiger charge is 2.36. The van der Waals surface area contributed by atoms with Gasteiger partial charge in [0.2, 0.25) is 5.91 Å². The predicted octanol–water partition coefficient (Wildman–Crippen LogP) is 4.90. The Morgan fingerprint density at radius 1 is 1.03 bits per heavy atom. The van der Waals surface area contributed by atoms with Gasteiger partial charge in [-0.3, -0.25) is 4.79 Å². The van der Waals surface area contributed by atoms with Gasteiger partial charge in [0.05, 0.1) is 13.0 Å². The van der Waals surface area contributed by atoms with Crippen LogP contribution in [0.2, 0.25) is 18.1 Å². The van der Waals surface area contributed by atoms with Crippen LogP contribution in [-0.4, -0.2) is 33.1 Å². The van der Waals surface area contributed by atoms with Crippen molar-refractivity contribution in [2.75, 3.05) is 7.11 Å². The lowest BCUT2D eigenvalue weighted by molar-refractivity contribution is -0.145. The molecule has 162 valence electrons. The van der Waals surface area contributed by atoms with E-state index in [1.165, 1.54) is 7.11 Å². The molecule has 1 aliphatic rings. The lowest BCUT2D eigenvalue weighted by Crippen LogP contribution is -2.43. The van der Waals surface area contributed by atoms with Crippen LogP contribution < -0.4 is 5.32 Å². The molecule has 1 atom stereocenters. The number of esters is 1. The molecule has 31 heavy (non-hydrogen) atoms. The van der Waals surface area contributed by atoms with Crippen molar-refractivity contribution >= 4 is 20.0 Å². The molecule has 2 aromatic carbocycles. The molecule has 1 aliphatic carbocycles. The van der Waals surface area contributed by atoms with E-state index < -0.39 is 26.0 Å². The third kappa shape index (κ3) is 4.60. The van der Waals surface area contributed by atoms with E-state index >= 15 is 0 Å². The molecular formula is C26H31NO3Si. The maximum Gasteiger partial charge on any atom is 0.329 e. The Morgan fingerprint density at radius 2 is 1.55 bits per heavy atom. The van der Waals surface area contributed by atoms with Crippen molar-refractivity contribution in [1.29, 1.82) is 0 Å². The summed E-state index contributed by atoms with van der Waals surface area (Å²) in [6.45, 7) is 11.0. The summed E-state index contributed by atoms with van der Waals surface area (Å²) in [6.07, 6.45) is 0.237. The molecule has 4 nitrogen and oxygen atoms in total. The molecule has 0 saturated carbocycles. The summed E-state index contributed by atoms with van der Waals surface area (Å²) >= 11 is 0. The summed E-state index contributed by atoms with van der Waals surface area (Å²) in [5, 5.41) is 3.04. The number of amides is 1. The van der Waals surface area contributed by atoms with Gasteiger partial charge in [-0.25, -0.2) is 4.79 Å². The first kappa shape index (κ1) is 22.8. The number of carbonyl (C=O) groups excluding carboxylic acids is 2. The zero-order chi connectivity index (χ0) is 22.8. The second kappa shape index (κ2) is 8.72. The number of rotatable bonds is 4. The maximum atomic E-state index is 13.4. The van der Waals surface area contributed by atoms with E-state index in [0.29, 0.717) is 0 Å². The van der Waals surface area contributed by atoms with E-state index in [9.17, 15) is 9.59 Å². The van der Waals surface area contributed by atoms with Crippen molar-refractivity contribution in [1.82, 2.24) is 5.32 Å². The van der Waals surface area contributed by atoms with Gasteiger partial charge in [0.1, 0.15) is 14.1 Å². The van der Waals surface area contributed by atoms with Crippen LogP contribution in [0.25, 0.3) is 11.1 Å². The highest BCUT2D eigenvalue weighted by molar-refractivity contribution is 6.87. The monoisotopic (exact) mass is 433 g/mol. The van der Waals surface area contributed by atoms with Crippen LogP contribution in [0.1, 0.15) is 44.2 Å². The van der Waals surface area contributed by atoms with Gasteiger partial charge in [0.25, 0.3) is 0 Å². The smallest absolute Gasteiger partial charge is 0.329 e. The van der Waals surface area contributed by atoms with Crippen molar-refractivity contribution < 1.29 is 14.3 Å². The first-order valence-corrected chi connectivity index (χ1v) is 13.6. The summed E-state index contributed by atoms with van der Waals surface area (Å²) in [7, 11) is -0.467. The zero-order valence-electron chi connectivity index (χ0n) is 19.2. The Kier molecular flexibility index (Phi) is 6.42. The Hall–Kier alpha value is -2.84. The van der Waals surface area contributed by atoms with Gasteiger partial charge < -0.3 is 10.1 Å². The van der Waals surface area contributed by atoms with E-state index in [4.69, 9.17) is 4.74 Å². The predicted molar refractivity (Wildman–Crippen MR) is 127 cm³/mol. The van der Waals surface area contributed by atoms with Gasteiger partial charge >= 0.3 is 5.97 Å². The summed E-state index contributed by atoms with van der Waals surface area (Å²) < 4.78 is 4.95. The fourth-order valence-corrected chi connectivity index (χ4v) is 4.51. The normalized spacial score (nSPS) is 14.0. The minimum absolute atomic E-state index is 0.126. The molecule has 0 unspecified atom stereocenters.